The van der Waals surface area contributed by atoms with Crippen molar-refractivity contribution in [3.05, 3.63) is 48.0 Å². The first-order valence-electron chi connectivity index (χ1n) is 16.0. The second kappa shape index (κ2) is 17.6. The average Bonchev–Trinajstić information content (AvgIpc) is 3.02. The lowest BCUT2D eigenvalue weighted by Crippen LogP contribution is -2.49. The first kappa shape index (κ1) is 36.4. The summed E-state index contributed by atoms with van der Waals surface area (Å²) in [7, 11) is 3.30. The van der Waals surface area contributed by atoms with E-state index in [1.807, 2.05) is 27.7 Å². The number of aliphatic hydroxyl groups is 1. The average molecular weight is 642 g/mol. The van der Waals surface area contributed by atoms with Crippen LogP contribution in [0.2, 0.25) is 0 Å². The highest BCUT2D eigenvalue weighted by atomic mass is 16.5. The molecule has 2 aromatic rings. The quantitative estimate of drug-likeness (QED) is 0.311. The van der Waals surface area contributed by atoms with Gasteiger partial charge in [0.25, 0.3) is 5.91 Å². The number of likely N-dealkylation sites (N-methyl/N-ethyl adjacent to an activating group) is 1. The minimum Gasteiger partial charge on any atom is -0.497 e. The van der Waals surface area contributed by atoms with Gasteiger partial charge in [-0.05, 0) is 89.4 Å². The summed E-state index contributed by atoms with van der Waals surface area (Å²) in [6.45, 7) is 10.4. The molecule has 0 saturated heterocycles. The van der Waals surface area contributed by atoms with Gasteiger partial charge in [-0.2, -0.15) is 0 Å². The summed E-state index contributed by atoms with van der Waals surface area (Å²) < 4.78 is 17.8. The summed E-state index contributed by atoms with van der Waals surface area (Å²) in [5.41, 5.74) is 1.24. The Kier molecular flexibility index (Phi) is 13.9. The highest BCUT2D eigenvalue weighted by molar-refractivity contribution is 6.02. The lowest BCUT2D eigenvalue weighted by atomic mass is 10.0. The van der Waals surface area contributed by atoms with Crippen LogP contribution in [0.1, 0.15) is 64.2 Å². The monoisotopic (exact) mass is 641 g/mol. The zero-order chi connectivity index (χ0) is 33.8. The van der Waals surface area contributed by atoms with Gasteiger partial charge in [-0.15, -0.1) is 0 Å². The SMILES string of the molecule is COc1ccc(NC(=O)Nc2ccc3c(c2)C(=O)N([C@@H](C)CO)C[C@H](C)[C@H](CN(C)C(=O)NC(C)C)OCCCC[C@@H](C)O3)cc1. The van der Waals surface area contributed by atoms with Crippen LogP contribution in [0.4, 0.5) is 21.0 Å². The van der Waals surface area contributed by atoms with E-state index < -0.39 is 12.1 Å². The molecule has 0 aliphatic carbocycles. The zero-order valence-electron chi connectivity index (χ0n) is 28.2. The van der Waals surface area contributed by atoms with Crippen molar-refractivity contribution in [3.63, 3.8) is 0 Å². The van der Waals surface area contributed by atoms with Crippen molar-refractivity contribution in [2.75, 3.05) is 51.1 Å². The Bertz CT molecular complexity index is 1290. The molecule has 1 aliphatic rings. The van der Waals surface area contributed by atoms with E-state index in [0.29, 0.717) is 36.0 Å². The molecule has 46 heavy (non-hydrogen) atoms. The van der Waals surface area contributed by atoms with E-state index in [1.165, 1.54) is 0 Å². The van der Waals surface area contributed by atoms with Crippen LogP contribution in [-0.2, 0) is 4.74 Å². The predicted octanol–water partition coefficient (Wildman–Crippen LogP) is 5.18. The van der Waals surface area contributed by atoms with Crippen LogP contribution in [0.25, 0.3) is 0 Å². The molecular formula is C34H51N5O7. The Morgan fingerprint density at radius 2 is 1.74 bits per heavy atom. The minimum absolute atomic E-state index is 0.00650. The molecule has 0 fully saturated rings. The Balaban J connectivity index is 1.90. The molecule has 0 saturated carbocycles. The highest BCUT2D eigenvalue weighted by Gasteiger charge is 2.31. The molecular weight excluding hydrogens is 590 g/mol. The summed E-state index contributed by atoms with van der Waals surface area (Å²) in [6.07, 6.45) is 1.88. The number of hydrogen-bond donors (Lipinski definition) is 4. The second-order valence-corrected chi connectivity index (χ2v) is 12.3. The molecule has 1 heterocycles. The summed E-state index contributed by atoms with van der Waals surface area (Å²) in [6, 6.07) is 10.7. The van der Waals surface area contributed by atoms with Crippen molar-refractivity contribution < 1.29 is 33.7 Å². The molecule has 0 aromatic heterocycles. The molecule has 0 radical (unpaired) electrons. The number of anilines is 2. The molecule has 12 heteroatoms. The number of ether oxygens (including phenoxy) is 3. The summed E-state index contributed by atoms with van der Waals surface area (Å²) in [4.78, 5) is 43.0. The largest absolute Gasteiger partial charge is 0.497 e. The van der Waals surface area contributed by atoms with Crippen LogP contribution in [0.15, 0.2) is 42.5 Å². The van der Waals surface area contributed by atoms with Gasteiger partial charge in [0.05, 0.1) is 37.5 Å². The van der Waals surface area contributed by atoms with Crippen molar-refractivity contribution in [3.8, 4) is 11.5 Å². The van der Waals surface area contributed by atoms with E-state index in [1.54, 1.807) is 73.3 Å². The van der Waals surface area contributed by atoms with Gasteiger partial charge >= 0.3 is 12.1 Å². The molecule has 12 nitrogen and oxygen atoms in total. The number of benzene rings is 2. The maximum atomic E-state index is 14.3. The number of aliphatic hydroxyl groups excluding tert-OH is 1. The van der Waals surface area contributed by atoms with E-state index in [0.717, 1.165) is 19.3 Å². The van der Waals surface area contributed by atoms with Gasteiger partial charge in [0.1, 0.15) is 11.5 Å². The number of carbonyl (C=O) groups excluding carboxylic acids is 3. The smallest absolute Gasteiger partial charge is 0.323 e. The van der Waals surface area contributed by atoms with Gasteiger partial charge in [-0.3, -0.25) is 4.79 Å². The lowest BCUT2D eigenvalue weighted by Gasteiger charge is -2.36. The second-order valence-electron chi connectivity index (χ2n) is 12.3. The molecule has 0 spiro atoms. The van der Waals surface area contributed by atoms with Crippen molar-refractivity contribution in [2.45, 2.75) is 78.2 Å². The number of rotatable bonds is 8. The van der Waals surface area contributed by atoms with E-state index in [2.05, 4.69) is 16.0 Å². The molecule has 3 rings (SSSR count). The Labute approximate surface area is 272 Å². The summed E-state index contributed by atoms with van der Waals surface area (Å²) in [5, 5.41) is 18.7. The van der Waals surface area contributed by atoms with Crippen LogP contribution in [0.5, 0.6) is 11.5 Å². The summed E-state index contributed by atoms with van der Waals surface area (Å²) >= 11 is 0. The number of nitrogens with zero attached hydrogens (tertiary/aromatic N) is 2. The van der Waals surface area contributed by atoms with E-state index in [4.69, 9.17) is 14.2 Å². The Morgan fingerprint density at radius 1 is 1.07 bits per heavy atom. The third-order valence-corrected chi connectivity index (χ3v) is 7.87. The van der Waals surface area contributed by atoms with Crippen LogP contribution in [0.3, 0.4) is 0 Å². The van der Waals surface area contributed by atoms with Crippen LogP contribution < -0.4 is 25.4 Å². The fraction of sp³-hybridized carbons (Fsp3) is 0.559. The van der Waals surface area contributed by atoms with Crippen molar-refractivity contribution in [1.29, 1.82) is 0 Å². The number of methoxy groups -OCH3 is 1. The third kappa shape index (κ3) is 10.8. The molecule has 5 amide bonds. The van der Waals surface area contributed by atoms with Crippen molar-refractivity contribution >= 4 is 29.3 Å². The van der Waals surface area contributed by atoms with Crippen LogP contribution in [0, 0.1) is 5.92 Å². The number of urea groups is 2. The Morgan fingerprint density at radius 3 is 2.39 bits per heavy atom. The molecule has 0 bridgehead atoms. The topological polar surface area (TPSA) is 142 Å². The number of nitrogens with one attached hydrogen (secondary N) is 3. The Hall–Kier alpha value is -4.03. The molecule has 4 atom stereocenters. The van der Waals surface area contributed by atoms with Crippen LogP contribution >= 0.6 is 0 Å². The molecule has 1 aliphatic heterocycles. The molecule has 254 valence electrons. The molecule has 2 aromatic carbocycles. The minimum atomic E-state index is -0.522. The zero-order valence-corrected chi connectivity index (χ0v) is 28.2. The fourth-order valence-electron chi connectivity index (χ4n) is 5.14. The first-order chi connectivity index (χ1) is 21.9. The van der Waals surface area contributed by atoms with Gasteiger partial charge in [-0.1, -0.05) is 6.92 Å². The maximum absolute atomic E-state index is 14.3. The maximum Gasteiger partial charge on any atom is 0.323 e. The van der Waals surface area contributed by atoms with Gasteiger partial charge in [0, 0.05) is 50.1 Å². The van der Waals surface area contributed by atoms with Crippen molar-refractivity contribution in [1.82, 2.24) is 15.1 Å². The van der Waals surface area contributed by atoms with Crippen LogP contribution in [-0.4, -0.2) is 97.6 Å². The first-order valence-corrected chi connectivity index (χ1v) is 16.0. The highest BCUT2D eigenvalue weighted by Crippen LogP contribution is 2.29. The standard InChI is InChI=1S/C34H51N5O7/c1-22(2)35-34(43)38(6)20-31-23(3)19-39(24(4)21-40)32(41)29-18-27(13-16-30(29)46-25(5)10-8-9-17-45-31)37-33(42)36-26-11-14-28(44-7)15-12-26/h11-16,18,22-25,31,40H,8-10,17,19-21H2,1-7H3,(H,35,43)(H2,36,37,42)/t23-,24-,25+,31-/m0/s1. The fourth-order valence-corrected chi connectivity index (χ4v) is 5.14. The van der Waals surface area contributed by atoms with Gasteiger partial charge in [-0.25, -0.2) is 9.59 Å². The summed E-state index contributed by atoms with van der Waals surface area (Å²) in [5.74, 6) is 0.533. The lowest BCUT2D eigenvalue weighted by molar-refractivity contribution is -0.0122. The number of amides is 5. The number of hydrogen-bond acceptors (Lipinski definition) is 7. The van der Waals surface area contributed by atoms with E-state index in [-0.39, 0.29) is 54.8 Å². The van der Waals surface area contributed by atoms with Crippen molar-refractivity contribution in [2.24, 2.45) is 5.92 Å². The van der Waals surface area contributed by atoms with Gasteiger partial charge < -0.3 is 45.1 Å². The van der Waals surface area contributed by atoms with E-state index in [9.17, 15) is 19.5 Å². The number of fused-ring (bicyclic) bond motifs is 1. The molecule has 4 N–H and O–H groups in total. The number of carbonyl (C=O) groups is 3. The van der Waals surface area contributed by atoms with E-state index >= 15 is 0 Å². The third-order valence-electron chi connectivity index (χ3n) is 7.87. The molecule has 0 unspecified atom stereocenters. The van der Waals surface area contributed by atoms with Gasteiger partial charge in [0.2, 0.25) is 0 Å². The predicted molar refractivity (Wildman–Crippen MR) is 179 cm³/mol. The normalized spacial score (nSPS) is 20.1. The van der Waals surface area contributed by atoms with Gasteiger partial charge in [0.15, 0.2) is 0 Å².